The number of hydrogen-bond donors (Lipinski definition) is 0. The summed E-state index contributed by atoms with van der Waals surface area (Å²) in [5.74, 6) is 6.55. The van der Waals surface area contributed by atoms with E-state index in [1.807, 2.05) is 0 Å². The zero-order valence-corrected chi connectivity index (χ0v) is 10.9. The van der Waals surface area contributed by atoms with Gasteiger partial charge in [0, 0.05) is 30.5 Å². The van der Waals surface area contributed by atoms with Crippen LogP contribution in [0.25, 0.3) is 0 Å². The van der Waals surface area contributed by atoms with Crippen LogP contribution in [0.5, 0.6) is 5.75 Å². The lowest BCUT2D eigenvalue weighted by molar-refractivity contribution is -0.136. The van der Waals surface area contributed by atoms with E-state index in [4.69, 9.17) is 16.3 Å². The van der Waals surface area contributed by atoms with E-state index >= 15 is 0 Å². The summed E-state index contributed by atoms with van der Waals surface area (Å²) in [6.45, 7) is -0.000246. The molecule has 0 radical (unpaired) electrons. The number of alkyl halides is 4. The van der Waals surface area contributed by atoms with Crippen molar-refractivity contribution in [2.75, 3.05) is 12.5 Å². The van der Waals surface area contributed by atoms with Crippen molar-refractivity contribution >= 4 is 11.6 Å². The monoisotopic (exact) mass is 291 g/mol. The van der Waals surface area contributed by atoms with Crippen LogP contribution in [-0.4, -0.2) is 23.6 Å². The van der Waals surface area contributed by atoms with Crippen LogP contribution in [0.1, 0.15) is 24.8 Å². The van der Waals surface area contributed by atoms with Crippen molar-refractivity contribution in [1.82, 2.24) is 4.98 Å². The standard InChI is InChI=1S/C13H13ClF3NO/c14-6-2-1-4-11-8-12(10-18-9-11)19-7-3-5-13(15,16)17/h8-10H,2-3,5-7H2. The number of ether oxygens (including phenoxy) is 1. The minimum Gasteiger partial charge on any atom is -0.492 e. The average molecular weight is 292 g/mol. The van der Waals surface area contributed by atoms with Crippen molar-refractivity contribution in [2.24, 2.45) is 0 Å². The summed E-state index contributed by atoms with van der Waals surface area (Å²) in [6, 6.07) is 1.64. The fourth-order valence-corrected chi connectivity index (χ4v) is 1.34. The molecule has 0 unspecified atom stereocenters. The van der Waals surface area contributed by atoms with Gasteiger partial charge in [0.2, 0.25) is 0 Å². The van der Waals surface area contributed by atoms with Crippen LogP contribution in [-0.2, 0) is 0 Å². The van der Waals surface area contributed by atoms with Gasteiger partial charge in [-0.2, -0.15) is 13.2 Å². The molecule has 1 aromatic rings. The molecule has 0 aromatic carbocycles. The highest BCUT2D eigenvalue weighted by Crippen LogP contribution is 2.21. The molecule has 0 spiro atoms. The molecule has 0 atom stereocenters. The Morgan fingerprint density at radius 3 is 2.79 bits per heavy atom. The Morgan fingerprint density at radius 2 is 2.11 bits per heavy atom. The van der Waals surface area contributed by atoms with Crippen molar-refractivity contribution in [3.05, 3.63) is 24.0 Å². The molecule has 0 N–H and O–H groups in total. The molecule has 0 bridgehead atoms. The minimum absolute atomic E-state index is 0.000246. The van der Waals surface area contributed by atoms with Gasteiger partial charge in [0.15, 0.2) is 0 Å². The summed E-state index contributed by atoms with van der Waals surface area (Å²) in [5, 5.41) is 0. The number of rotatable bonds is 5. The molecule has 1 aromatic heterocycles. The van der Waals surface area contributed by atoms with E-state index in [2.05, 4.69) is 16.8 Å². The van der Waals surface area contributed by atoms with E-state index in [1.165, 1.54) is 6.20 Å². The van der Waals surface area contributed by atoms with Gasteiger partial charge in [-0.3, -0.25) is 4.98 Å². The van der Waals surface area contributed by atoms with Crippen LogP contribution < -0.4 is 4.74 Å². The lowest BCUT2D eigenvalue weighted by Gasteiger charge is -2.07. The molecule has 1 heterocycles. The molecule has 0 amide bonds. The number of nitrogens with zero attached hydrogens (tertiary/aromatic N) is 1. The minimum atomic E-state index is -4.14. The molecule has 0 aliphatic rings. The van der Waals surface area contributed by atoms with Gasteiger partial charge in [-0.25, -0.2) is 0 Å². The molecule has 0 saturated heterocycles. The predicted octanol–water partition coefficient (Wildman–Crippen LogP) is 3.78. The number of pyridine rings is 1. The summed E-state index contributed by atoms with van der Waals surface area (Å²) in [5.41, 5.74) is 0.651. The van der Waals surface area contributed by atoms with Gasteiger partial charge in [0.05, 0.1) is 12.8 Å². The molecule has 0 fully saturated rings. The average Bonchev–Trinajstić information content (AvgIpc) is 2.35. The molecule has 104 valence electrons. The first-order valence-corrected chi connectivity index (χ1v) is 6.24. The van der Waals surface area contributed by atoms with Crippen LogP contribution >= 0.6 is 11.6 Å². The van der Waals surface area contributed by atoms with Crippen molar-refractivity contribution < 1.29 is 17.9 Å². The Balaban J connectivity index is 2.43. The molecule has 2 nitrogen and oxygen atoms in total. The second kappa shape index (κ2) is 7.90. The summed E-state index contributed by atoms with van der Waals surface area (Å²) >= 11 is 5.49. The zero-order valence-electron chi connectivity index (χ0n) is 10.1. The molecule has 1 rings (SSSR count). The van der Waals surface area contributed by atoms with Crippen molar-refractivity contribution in [3.63, 3.8) is 0 Å². The van der Waals surface area contributed by atoms with Gasteiger partial charge in [0.25, 0.3) is 0 Å². The Morgan fingerprint density at radius 1 is 1.32 bits per heavy atom. The first kappa shape index (κ1) is 15.6. The van der Waals surface area contributed by atoms with Crippen LogP contribution in [0.2, 0.25) is 0 Å². The maximum Gasteiger partial charge on any atom is 0.389 e. The predicted molar refractivity (Wildman–Crippen MR) is 67.2 cm³/mol. The van der Waals surface area contributed by atoms with E-state index < -0.39 is 12.6 Å². The first-order valence-electron chi connectivity index (χ1n) is 5.71. The number of aromatic nitrogens is 1. The topological polar surface area (TPSA) is 22.1 Å². The largest absolute Gasteiger partial charge is 0.492 e. The lowest BCUT2D eigenvalue weighted by atomic mass is 10.2. The smallest absolute Gasteiger partial charge is 0.389 e. The number of hydrogen-bond acceptors (Lipinski definition) is 2. The molecule has 19 heavy (non-hydrogen) atoms. The molecular formula is C13H13ClF3NO. The molecule has 0 aliphatic carbocycles. The van der Waals surface area contributed by atoms with Gasteiger partial charge >= 0.3 is 6.18 Å². The molecule has 6 heteroatoms. The summed E-state index contributed by atoms with van der Waals surface area (Å²) in [6.07, 6.45) is -1.50. The van der Waals surface area contributed by atoms with Gasteiger partial charge in [-0.15, -0.1) is 11.6 Å². The normalized spacial score (nSPS) is 10.7. The van der Waals surface area contributed by atoms with Gasteiger partial charge < -0.3 is 4.74 Å². The van der Waals surface area contributed by atoms with E-state index in [0.29, 0.717) is 23.6 Å². The quantitative estimate of drug-likeness (QED) is 0.468. The zero-order chi connectivity index (χ0) is 14.1. The molecule has 0 saturated carbocycles. The van der Waals surface area contributed by atoms with Crippen molar-refractivity contribution in [1.29, 1.82) is 0 Å². The maximum absolute atomic E-state index is 11.9. The first-order chi connectivity index (χ1) is 9.01. The highest BCUT2D eigenvalue weighted by molar-refractivity contribution is 6.18. The lowest BCUT2D eigenvalue weighted by Crippen LogP contribution is -2.09. The van der Waals surface area contributed by atoms with Crippen molar-refractivity contribution in [3.8, 4) is 17.6 Å². The Bertz CT molecular complexity index is 451. The van der Waals surface area contributed by atoms with Gasteiger partial charge in [-0.1, -0.05) is 11.8 Å². The summed E-state index contributed by atoms with van der Waals surface area (Å²) < 4.78 is 41.0. The third kappa shape index (κ3) is 7.58. The van der Waals surface area contributed by atoms with E-state index in [1.54, 1.807) is 12.3 Å². The third-order valence-electron chi connectivity index (χ3n) is 2.04. The highest BCUT2D eigenvalue weighted by Gasteiger charge is 2.26. The Labute approximate surface area is 114 Å². The highest BCUT2D eigenvalue weighted by atomic mass is 35.5. The molecule has 0 aliphatic heterocycles. The maximum atomic E-state index is 11.9. The summed E-state index contributed by atoms with van der Waals surface area (Å²) in [4.78, 5) is 3.91. The summed E-state index contributed by atoms with van der Waals surface area (Å²) in [7, 11) is 0. The van der Waals surface area contributed by atoms with Crippen LogP contribution in [0.4, 0.5) is 13.2 Å². The molecular weight excluding hydrogens is 279 g/mol. The van der Waals surface area contributed by atoms with Crippen LogP contribution in [0.15, 0.2) is 18.5 Å². The van der Waals surface area contributed by atoms with E-state index in [9.17, 15) is 13.2 Å². The Hall–Kier alpha value is -1.41. The van der Waals surface area contributed by atoms with Crippen LogP contribution in [0, 0.1) is 11.8 Å². The van der Waals surface area contributed by atoms with Crippen LogP contribution in [0.3, 0.4) is 0 Å². The van der Waals surface area contributed by atoms with E-state index in [-0.39, 0.29) is 13.0 Å². The Kier molecular flexibility index (Phi) is 6.51. The van der Waals surface area contributed by atoms with Gasteiger partial charge in [0.1, 0.15) is 5.75 Å². The third-order valence-corrected chi connectivity index (χ3v) is 2.23. The van der Waals surface area contributed by atoms with Gasteiger partial charge in [-0.05, 0) is 12.5 Å². The van der Waals surface area contributed by atoms with Crippen molar-refractivity contribution in [2.45, 2.75) is 25.4 Å². The SMILES string of the molecule is FC(F)(F)CCCOc1cncc(C#CCCCl)c1. The fraction of sp³-hybridized carbons (Fsp3) is 0.462. The number of halogens is 4. The van der Waals surface area contributed by atoms with E-state index in [0.717, 1.165) is 0 Å². The second-order valence-electron chi connectivity index (χ2n) is 3.72. The second-order valence-corrected chi connectivity index (χ2v) is 4.10. The fourth-order valence-electron chi connectivity index (χ4n) is 1.24.